The van der Waals surface area contributed by atoms with Gasteiger partial charge in [-0.1, -0.05) is 24.8 Å². The minimum Gasteiger partial charge on any atom is -0.396 e. The molecule has 0 atom stereocenters. The SMILES string of the molecule is C=Cc1ccc2[nH]ccc2c1.OCCc1ccc2[nH]ccc2c1. The van der Waals surface area contributed by atoms with Gasteiger partial charge in [-0.25, -0.2) is 0 Å². The van der Waals surface area contributed by atoms with E-state index in [1.807, 2.05) is 42.7 Å². The molecular formula is C20H20N2O. The first-order chi connectivity index (χ1) is 11.3. The molecule has 23 heavy (non-hydrogen) atoms. The Morgan fingerprint density at radius 1 is 0.870 bits per heavy atom. The molecule has 0 saturated heterocycles. The molecule has 3 nitrogen and oxygen atoms in total. The lowest BCUT2D eigenvalue weighted by atomic mass is 10.1. The average Bonchev–Trinajstić information content (AvgIpc) is 3.23. The molecule has 0 bridgehead atoms. The van der Waals surface area contributed by atoms with E-state index in [9.17, 15) is 0 Å². The summed E-state index contributed by atoms with van der Waals surface area (Å²) in [6, 6.07) is 16.5. The first kappa shape index (κ1) is 15.1. The maximum Gasteiger partial charge on any atom is 0.0471 e. The highest BCUT2D eigenvalue weighted by molar-refractivity contribution is 5.81. The van der Waals surface area contributed by atoms with E-state index >= 15 is 0 Å². The first-order valence-corrected chi connectivity index (χ1v) is 7.66. The average molecular weight is 304 g/mol. The van der Waals surface area contributed by atoms with Crippen LogP contribution >= 0.6 is 0 Å². The third-order valence-electron chi connectivity index (χ3n) is 3.83. The highest BCUT2D eigenvalue weighted by Crippen LogP contribution is 2.15. The molecule has 0 fully saturated rings. The number of rotatable bonds is 3. The summed E-state index contributed by atoms with van der Waals surface area (Å²) in [4.78, 5) is 6.26. The van der Waals surface area contributed by atoms with Crippen LogP contribution in [0.1, 0.15) is 11.1 Å². The Balaban J connectivity index is 0.000000136. The van der Waals surface area contributed by atoms with Crippen molar-refractivity contribution in [2.45, 2.75) is 6.42 Å². The Morgan fingerprint density at radius 3 is 2.17 bits per heavy atom. The van der Waals surface area contributed by atoms with Gasteiger partial charge in [-0.15, -0.1) is 0 Å². The quantitative estimate of drug-likeness (QED) is 0.512. The van der Waals surface area contributed by atoms with Crippen molar-refractivity contribution in [2.24, 2.45) is 0 Å². The van der Waals surface area contributed by atoms with E-state index in [2.05, 4.69) is 40.8 Å². The molecule has 3 heteroatoms. The van der Waals surface area contributed by atoms with E-state index in [4.69, 9.17) is 5.11 Å². The number of benzene rings is 2. The number of hydrogen-bond donors (Lipinski definition) is 3. The first-order valence-electron chi connectivity index (χ1n) is 7.66. The zero-order chi connectivity index (χ0) is 16.1. The molecule has 2 aromatic carbocycles. The summed E-state index contributed by atoms with van der Waals surface area (Å²) in [5, 5.41) is 11.2. The molecule has 116 valence electrons. The topological polar surface area (TPSA) is 51.8 Å². The van der Waals surface area contributed by atoms with Crippen LogP contribution in [0.3, 0.4) is 0 Å². The summed E-state index contributed by atoms with van der Waals surface area (Å²) in [6.45, 7) is 3.93. The molecule has 0 aliphatic heterocycles. The standard InChI is InChI=1S/C10H11NO.C10H9N/c12-6-4-8-1-2-10-9(7-8)3-5-11-10;1-2-8-3-4-10-9(7-8)5-6-11-10/h1-3,5,7,11-12H,4,6H2;2-7,11H,1H2. The second kappa shape index (κ2) is 6.99. The summed E-state index contributed by atoms with van der Waals surface area (Å²) >= 11 is 0. The number of H-pyrrole nitrogens is 2. The molecule has 4 rings (SSSR count). The lowest BCUT2D eigenvalue weighted by molar-refractivity contribution is 0.299. The van der Waals surface area contributed by atoms with Crippen LogP contribution in [0.4, 0.5) is 0 Å². The van der Waals surface area contributed by atoms with Gasteiger partial charge in [0.05, 0.1) is 0 Å². The number of hydrogen-bond acceptors (Lipinski definition) is 1. The molecule has 2 heterocycles. The minimum absolute atomic E-state index is 0.218. The van der Waals surface area contributed by atoms with Crippen LogP contribution in [0.5, 0.6) is 0 Å². The molecule has 0 aliphatic rings. The van der Waals surface area contributed by atoms with Crippen LogP contribution in [-0.2, 0) is 6.42 Å². The summed E-state index contributed by atoms with van der Waals surface area (Å²) < 4.78 is 0. The highest BCUT2D eigenvalue weighted by Gasteiger charge is 1.95. The zero-order valence-corrected chi connectivity index (χ0v) is 12.9. The Kier molecular flexibility index (Phi) is 4.60. The number of aromatic amines is 2. The van der Waals surface area contributed by atoms with Gasteiger partial charge >= 0.3 is 0 Å². The van der Waals surface area contributed by atoms with Gasteiger partial charge < -0.3 is 15.1 Å². The third-order valence-corrected chi connectivity index (χ3v) is 3.83. The number of nitrogens with one attached hydrogen (secondary N) is 2. The highest BCUT2D eigenvalue weighted by atomic mass is 16.2. The lowest BCUT2D eigenvalue weighted by Gasteiger charge is -1.97. The van der Waals surface area contributed by atoms with Gasteiger partial charge in [-0.05, 0) is 64.7 Å². The van der Waals surface area contributed by atoms with Crippen molar-refractivity contribution in [1.82, 2.24) is 9.97 Å². The van der Waals surface area contributed by atoms with Gasteiger partial charge in [0.25, 0.3) is 0 Å². The van der Waals surface area contributed by atoms with Gasteiger partial charge in [0.1, 0.15) is 0 Å². The van der Waals surface area contributed by atoms with E-state index in [1.165, 1.54) is 21.9 Å². The molecule has 0 unspecified atom stereocenters. The molecule has 4 aromatic rings. The van der Waals surface area contributed by atoms with Crippen LogP contribution in [0.2, 0.25) is 0 Å². The number of aromatic nitrogens is 2. The molecule has 0 saturated carbocycles. The van der Waals surface area contributed by atoms with Gasteiger partial charge in [-0.2, -0.15) is 0 Å². The lowest BCUT2D eigenvalue weighted by Crippen LogP contribution is -1.89. The molecule has 2 aromatic heterocycles. The van der Waals surface area contributed by atoms with E-state index in [-0.39, 0.29) is 6.61 Å². The van der Waals surface area contributed by atoms with Gasteiger partial charge in [-0.3, -0.25) is 0 Å². The zero-order valence-electron chi connectivity index (χ0n) is 12.9. The molecule has 0 spiro atoms. The van der Waals surface area contributed by atoms with Crippen LogP contribution in [0.15, 0.2) is 67.5 Å². The number of fused-ring (bicyclic) bond motifs is 2. The summed E-state index contributed by atoms with van der Waals surface area (Å²) in [6.07, 6.45) is 6.46. The Bertz CT molecular complexity index is 917. The fourth-order valence-corrected chi connectivity index (χ4v) is 2.59. The Labute approximate surface area is 135 Å². The van der Waals surface area contributed by atoms with Crippen molar-refractivity contribution < 1.29 is 5.11 Å². The van der Waals surface area contributed by atoms with Gasteiger partial charge in [0.15, 0.2) is 0 Å². The number of aliphatic hydroxyl groups is 1. The predicted octanol–water partition coefficient (Wildman–Crippen LogP) is 4.51. The van der Waals surface area contributed by atoms with Gasteiger partial charge in [0.2, 0.25) is 0 Å². The van der Waals surface area contributed by atoms with Crippen molar-refractivity contribution in [3.63, 3.8) is 0 Å². The summed E-state index contributed by atoms with van der Waals surface area (Å²) in [5.41, 5.74) is 4.67. The maximum atomic E-state index is 8.73. The maximum absolute atomic E-state index is 8.73. The second-order valence-electron chi connectivity index (χ2n) is 5.40. The second-order valence-corrected chi connectivity index (χ2v) is 5.40. The van der Waals surface area contributed by atoms with Crippen LogP contribution in [0, 0.1) is 0 Å². The fourth-order valence-electron chi connectivity index (χ4n) is 2.59. The molecule has 0 aliphatic carbocycles. The van der Waals surface area contributed by atoms with Crippen LogP contribution < -0.4 is 0 Å². The minimum atomic E-state index is 0.218. The van der Waals surface area contributed by atoms with Crippen molar-refractivity contribution in [3.8, 4) is 0 Å². The van der Waals surface area contributed by atoms with E-state index < -0.39 is 0 Å². The van der Waals surface area contributed by atoms with Crippen LogP contribution in [-0.4, -0.2) is 21.7 Å². The Hall–Kier alpha value is -2.78. The van der Waals surface area contributed by atoms with E-state index in [0.29, 0.717) is 0 Å². The molecule has 3 N–H and O–H groups in total. The smallest absolute Gasteiger partial charge is 0.0471 e. The van der Waals surface area contributed by atoms with Crippen molar-refractivity contribution >= 4 is 27.9 Å². The van der Waals surface area contributed by atoms with Crippen molar-refractivity contribution in [1.29, 1.82) is 0 Å². The van der Waals surface area contributed by atoms with Crippen molar-refractivity contribution in [2.75, 3.05) is 6.61 Å². The van der Waals surface area contributed by atoms with E-state index in [1.54, 1.807) is 0 Å². The van der Waals surface area contributed by atoms with E-state index in [0.717, 1.165) is 17.5 Å². The number of aliphatic hydroxyl groups excluding tert-OH is 1. The van der Waals surface area contributed by atoms with Crippen molar-refractivity contribution in [3.05, 3.63) is 78.6 Å². The monoisotopic (exact) mass is 304 g/mol. The summed E-state index contributed by atoms with van der Waals surface area (Å²) in [5.74, 6) is 0. The molecular weight excluding hydrogens is 284 g/mol. The van der Waals surface area contributed by atoms with Gasteiger partial charge in [0, 0.05) is 30.0 Å². The fraction of sp³-hybridized carbons (Fsp3) is 0.100. The normalized spacial score (nSPS) is 10.5. The largest absolute Gasteiger partial charge is 0.396 e. The third kappa shape index (κ3) is 3.52. The Morgan fingerprint density at radius 2 is 1.52 bits per heavy atom. The molecule has 0 amide bonds. The predicted molar refractivity (Wildman–Crippen MR) is 97.5 cm³/mol. The molecule has 0 radical (unpaired) electrons. The van der Waals surface area contributed by atoms with Crippen LogP contribution in [0.25, 0.3) is 27.9 Å². The summed E-state index contributed by atoms with van der Waals surface area (Å²) in [7, 11) is 0.